The highest BCUT2D eigenvalue weighted by Gasteiger charge is 2.37. The number of sulfone groups is 1. The third-order valence-electron chi connectivity index (χ3n) is 6.36. The van der Waals surface area contributed by atoms with Gasteiger partial charge in [-0.3, -0.25) is 0 Å². The molecule has 35 heavy (non-hydrogen) atoms. The first-order valence-corrected chi connectivity index (χ1v) is 13.1. The number of rotatable bonds is 6. The zero-order valence-corrected chi connectivity index (χ0v) is 20.0. The Hall–Kier alpha value is -3.44. The lowest BCUT2D eigenvalue weighted by atomic mass is 10.0. The minimum absolute atomic E-state index is 0.163. The SMILES string of the molecule is CC1C=C(Nc2ncc(/C=C/c3cc(F)cc4n[nH]nc34)cn2)C=CC1S(=O)(=O)C1CCNCC1. The number of aromatic nitrogens is 5. The number of hydrogen-bond acceptors (Lipinski definition) is 8. The van der Waals surface area contributed by atoms with Crippen molar-refractivity contribution in [3.8, 4) is 0 Å². The van der Waals surface area contributed by atoms with Crippen molar-refractivity contribution < 1.29 is 12.8 Å². The highest BCUT2D eigenvalue weighted by atomic mass is 32.2. The number of anilines is 1. The first-order chi connectivity index (χ1) is 16.9. The van der Waals surface area contributed by atoms with Crippen LogP contribution in [0.3, 0.4) is 0 Å². The molecule has 0 spiro atoms. The van der Waals surface area contributed by atoms with Crippen molar-refractivity contribution in [3.63, 3.8) is 0 Å². The van der Waals surface area contributed by atoms with Crippen LogP contribution in [0.25, 0.3) is 23.2 Å². The summed E-state index contributed by atoms with van der Waals surface area (Å²) in [5.74, 6) is -0.158. The first-order valence-electron chi connectivity index (χ1n) is 11.5. The Labute approximate surface area is 202 Å². The van der Waals surface area contributed by atoms with Gasteiger partial charge in [0.15, 0.2) is 9.84 Å². The molecule has 0 amide bonds. The molecule has 182 valence electrons. The lowest BCUT2D eigenvalue weighted by molar-refractivity contribution is 0.487. The molecule has 3 heterocycles. The molecule has 0 radical (unpaired) electrons. The maximum Gasteiger partial charge on any atom is 0.227 e. The van der Waals surface area contributed by atoms with Gasteiger partial charge in [0.1, 0.15) is 16.9 Å². The van der Waals surface area contributed by atoms with Gasteiger partial charge in [-0.1, -0.05) is 31.2 Å². The summed E-state index contributed by atoms with van der Waals surface area (Å²) in [4.78, 5) is 8.68. The molecule has 3 aromatic rings. The maximum absolute atomic E-state index is 13.8. The Bertz CT molecular complexity index is 1410. The van der Waals surface area contributed by atoms with Crippen LogP contribution in [0, 0.1) is 11.7 Å². The zero-order valence-electron chi connectivity index (χ0n) is 19.1. The van der Waals surface area contributed by atoms with E-state index in [1.165, 1.54) is 12.1 Å². The first kappa shape index (κ1) is 23.3. The van der Waals surface area contributed by atoms with E-state index >= 15 is 0 Å². The number of allylic oxidation sites excluding steroid dienone is 2. The number of hydrogen-bond donors (Lipinski definition) is 3. The van der Waals surface area contributed by atoms with Crippen LogP contribution >= 0.6 is 0 Å². The van der Waals surface area contributed by atoms with Gasteiger partial charge >= 0.3 is 0 Å². The topological polar surface area (TPSA) is 126 Å². The van der Waals surface area contributed by atoms with Crippen LogP contribution in [0.2, 0.25) is 0 Å². The van der Waals surface area contributed by atoms with Gasteiger partial charge in [-0.2, -0.15) is 15.4 Å². The van der Waals surface area contributed by atoms with Crippen molar-refractivity contribution in [2.75, 3.05) is 18.4 Å². The van der Waals surface area contributed by atoms with Gasteiger partial charge < -0.3 is 10.6 Å². The van der Waals surface area contributed by atoms with Crippen LogP contribution in [0.4, 0.5) is 10.3 Å². The van der Waals surface area contributed by atoms with E-state index in [1.807, 2.05) is 13.0 Å². The van der Waals surface area contributed by atoms with Gasteiger partial charge in [-0.05, 0) is 44.0 Å². The molecule has 0 bridgehead atoms. The van der Waals surface area contributed by atoms with Crippen molar-refractivity contribution in [1.29, 1.82) is 0 Å². The number of H-pyrrole nitrogens is 1. The molecule has 1 aromatic carbocycles. The van der Waals surface area contributed by atoms with Crippen LogP contribution < -0.4 is 10.6 Å². The Morgan fingerprint density at radius 3 is 2.63 bits per heavy atom. The lowest BCUT2D eigenvalue weighted by Crippen LogP contribution is -2.42. The number of benzene rings is 1. The fraction of sp³-hybridized carbons (Fsp3) is 0.333. The molecule has 0 saturated carbocycles. The Kier molecular flexibility index (Phi) is 6.44. The van der Waals surface area contributed by atoms with Crippen molar-refractivity contribution in [1.82, 2.24) is 30.7 Å². The molecule has 9 nitrogen and oxygen atoms in total. The molecule has 2 aromatic heterocycles. The second-order valence-electron chi connectivity index (χ2n) is 8.83. The molecule has 1 saturated heterocycles. The van der Waals surface area contributed by atoms with E-state index in [1.54, 1.807) is 36.7 Å². The van der Waals surface area contributed by atoms with E-state index in [9.17, 15) is 12.8 Å². The summed E-state index contributed by atoms with van der Waals surface area (Å²) in [6, 6.07) is 2.71. The van der Waals surface area contributed by atoms with Crippen molar-refractivity contribution >= 4 is 39.0 Å². The third kappa shape index (κ3) is 5.01. The van der Waals surface area contributed by atoms with E-state index in [0.717, 1.165) is 24.4 Å². The van der Waals surface area contributed by atoms with Crippen molar-refractivity contribution in [3.05, 3.63) is 65.4 Å². The van der Waals surface area contributed by atoms with Gasteiger partial charge in [0.25, 0.3) is 0 Å². The van der Waals surface area contributed by atoms with E-state index in [4.69, 9.17) is 0 Å². The number of fused-ring (bicyclic) bond motifs is 1. The molecular formula is C24H26FN7O2S. The van der Waals surface area contributed by atoms with E-state index in [0.29, 0.717) is 35.4 Å². The summed E-state index contributed by atoms with van der Waals surface area (Å²) in [5, 5.41) is 16.0. The molecule has 1 aliphatic carbocycles. The Morgan fingerprint density at radius 2 is 1.89 bits per heavy atom. The number of piperidine rings is 1. The maximum atomic E-state index is 13.8. The summed E-state index contributed by atoms with van der Waals surface area (Å²) in [5.41, 5.74) is 3.11. The quantitative estimate of drug-likeness (QED) is 0.476. The highest BCUT2D eigenvalue weighted by Crippen LogP contribution is 2.29. The highest BCUT2D eigenvalue weighted by molar-refractivity contribution is 7.92. The van der Waals surface area contributed by atoms with E-state index in [2.05, 4.69) is 36.0 Å². The number of nitrogens with zero attached hydrogens (tertiary/aromatic N) is 4. The smallest absolute Gasteiger partial charge is 0.227 e. The van der Waals surface area contributed by atoms with Crippen LogP contribution in [0.5, 0.6) is 0 Å². The average molecular weight is 496 g/mol. The van der Waals surface area contributed by atoms with Gasteiger partial charge in [0.2, 0.25) is 5.95 Å². The molecule has 11 heteroatoms. The second kappa shape index (κ2) is 9.67. The van der Waals surface area contributed by atoms with Crippen molar-refractivity contribution in [2.45, 2.75) is 30.3 Å². The Morgan fingerprint density at radius 1 is 1.11 bits per heavy atom. The zero-order chi connectivity index (χ0) is 24.4. The Balaban J connectivity index is 1.24. The number of halogens is 1. The average Bonchev–Trinajstić information content (AvgIpc) is 3.32. The van der Waals surface area contributed by atoms with Crippen LogP contribution in [0.1, 0.15) is 30.9 Å². The monoisotopic (exact) mass is 495 g/mol. The molecule has 1 fully saturated rings. The van der Waals surface area contributed by atoms with Gasteiger partial charge in [0.05, 0.1) is 10.5 Å². The molecule has 1 aliphatic heterocycles. The fourth-order valence-electron chi connectivity index (χ4n) is 4.52. The third-order valence-corrected chi connectivity index (χ3v) is 9.10. The van der Waals surface area contributed by atoms with Gasteiger partial charge in [0, 0.05) is 35.3 Å². The molecule has 2 atom stereocenters. The summed E-state index contributed by atoms with van der Waals surface area (Å²) in [6.45, 7) is 3.40. The predicted octanol–water partition coefficient (Wildman–Crippen LogP) is 3.09. The molecular weight excluding hydrogens is 469 g/mol. The van der Waals surface area contributed by atoms with E-state index < -0.39 is 20.9 Å². The summed E-state index contributed by atoms with van der Waals surface area (Å²) >= 11 is 0. The van der Waals surface area contributed by atoms with Crippen LogP contribution in [-0.4, -0.2) is 57.4 Å². The second-order valence-corrected chi connectivity index (χ2v) is 11.2. The summed E-state index contributed by atoms with van der Waals surface area (Å²) < 4.78 is 40.0. The summed E-state index contributed by atoms with van der Waals surface area (Å²) in [6.07, 6.45) is 13.6. The minimum atomic E-state index is -3.25. The number of nitrogens with one attached hydrogen (secondary N) is 3. The minimum Gasteiger partial charge on any atom is -0.324 e. The largest absolute Gasteiger partial charge is 0.324 e. The molecule has 2 unspecified atom stereocenters. The van der Waals surface area contributed by atoms with Crippen LogP contribution in [0.15, 0.2) is 48.5 Å². The predicted molar refractivity (Wildman–Crippen MR) is 133 cm³/mol. The molecule has 2 aliphatic rings. The molecule has 5 rings (SSSR count). The van der Waals surface area contributed by atoms with Gasteiger partial charge in [-0.15, -0.1) is 0 Å². The fourth-order valence-corrected chi connectivity index (χ4v) is 6.83. The van der Waals surface area contributed by atoms with Crippen LogP contribution in [-0.2, 0) is 9.84 Å². The van der Waals surface area contributed by atoms with E-state index in [-0.39, 0.29) is 11.2 Å². The standard InChI is InChI=1S/C24H26FN7O2S/c1-15-10-19(4-5-22(15)35(33,34)20-6-8-26-9-7-20)29-24-27-13-16(14-28-24)2-3-17-11-18(25)12-21-23(17)31-32-30-21/h2-5,10-15,20,22,26H,6-9H2,1H3,(H,27,28,29)(H,30,31,32)/b3-2+. The lowest BCUT2D eigenvalue weighted by Gasteiger charge is -2.30. The normalized spacial score (nSPS) is 21.5. The molecule has 3 N–H and O–H groups in total. The van der Waals surface area contributed by atoms with Crippen molar-refractivity contribution in [2.24, 2.45) is 5.92 Å². The number of aromatic amines is 1. The van der Waals surface area contributed by atoms with Gasteiger partial charge in [-0.25, -0.2) is 22.8 Å². The summed E-state index contributed by atoms with van der Waals surface area (Å²) in [7, 11) is -3.25.